The van der Waals surface area contributed by atoms with Crippen molar-refractivity contribution in [1.29, 1.82) is 0 Å². The zero-order chi connectivity index (χ0) is 27.1. The largest absolute Gasteiger partial charge is 0.481 e. The van der Waals surface area contributed by atoms with Gasteiger partial charge in [-0.15, -0.1) is 0 Å². The third kappa shape index (κ3) is 6.65. The average Bonchev–Trinajstić information content (AvgIpc) is 2.93. The number of carboxylic acid groups (broad SMARTS) is 1. The summed E-state index contributed by atoms with van der Waals surface area (Å²) in [5.74, 6) is -0.909. The monoisotopic (exact) mass is 513 g/mol. The molecule has 0 aliphatic carbocycles. The second kappa shape index (κ2) is 12.5. The van der Waals surface area contributed by atoms with Crippen molar-refractivity contribution in [3.05, 3.63) is 94.8 Å². The van der Waals surface area contributed by atoms with Gasteiger partial charge < -0.3 is 15.2 Å². The Morgan fingerprint density at radius 3 is 2.37 bits per heavy atom. The number of Topliss-reactive ketones (excluding diaryl/α,β-unsaturated/α-hetero) is 1. The van der Waals surface area contributed by atoms with E-state index in [1.54, 1.807) is 6.20 Å². The predicted molar refractivity (Wildman–Crippen MR) is 148 cm³/mol. The zero-order valence-corrected chi connectivity index (χ0v) is 22.0. The smallest absolute Gasteiger partial charge is 0.303 e. The molecule has 3 aromatic rings. The van der Waals surface area contributed by atoms with E-state index >= 15 is 0 Å². The van der Waals surface area contributed by atoms with Crippen LogP contribution in [-0.2, 0) is 9.59 Å². The van der Waals surface area contributed by atoms with Gasteiger partial charge in [0, 0.05) is 60.9 Å². The number of oxime groups is 1. The third-order valence-electron chi connectivity index (χ3n) is 7.51. The summed E-state index contributed by atoms with van der Waals surface area (Å²) in [7, 11) is 0. The van der Waals surface area contributed by atoms with E-state index in [2.05, 4.69) is 58.4 Å². The maximum absolute atomic E-state index is 12.3. The molecule has 7 heteroatoms. The minimum absolute atomic E-state index is 0.00205. The molecule has 1 aliphatic heterocycles. The number of aliphatic carboxylic acids is 1. The van der Waals surface area contributed by atoms with Crippen molar-refractivity contribution in [3.63, 3.8) is 0 Å². The average molecular weight is 514 g/mol. The van der Waals surface area contributed by atoms with Crippen LogP contribution in [0.3, 0.4) is 0 Å². The van der Waals surface area contributed by atoms with Crippen LogP contribution in [0.1, 0.15) is 66.0 Å². The molecule has 0 unspecified atom stereocenters. The second-order valence-electron chi connectivity index (χ2n) is 10.1. The van der Waals surface area contributed by atoms with E-state index in [4.69, 9.17) is 5.11 Å². The van der Waals surface area contributed by atoms with Crippen molar-refractivity contribution in [2.45, 2.75) is 51.9 Å². The highest BCUT2D eigenvalue weighted by molar-refractivity contribution is 6.01. The standard InChI is InChI=1S/C31H35N3O4/c1-21-5-3-4-6-27(21)28(20-29(33-38)25-13-16-32-22(2)19-25)23-7-9-26(10-8-23)34-17-14-24(15-18-34)30(35)11-12-31(36)37/h3-10,13,16,19,24,28,38H,11-12,14-15,17-18,20H2,1-2H3,(H,36,37)/b33-29+/t28-/m1/s1. The first-order valence-corrected chi connectivity index (χ1v) is 13.1. The molecular weight excluding hydrogens is 478 g/mol. The van der Waals surface area contributed by atoms with E-state index < -0.39 is 5.97 Å². The number of rotatable bonds is 10. The number of carbonyl (C=O) groups is 2. The molecule has 0 saturated carbocycles. The van der Waals surface area contributed by atoms with Crippen molar-refractivity contribution in [2.24, 2.45) is 11.1 Å². The van der Waals surface area contributed by atoms with Gasteiger partial charge >= 0.3 is 5.97 Å². The summed E-state index contributed by atoms with van der Waals surface area (Å²) in [4.78, 5) is 29.7. The number of hydrogen-bond acceptors (Lipinski definition) is 6. The van der Waals surface area contributed by atoms with E-state index in [1.807, 2.05) is 31.2 Å². The molecule has 1 fully saturated rings. The lowest BCUT2D eigenvalue weighted by Gasteiger charge is -2.33. The molecule has 2 N–H and O–H groups in total. The number of aryl methyl sites for hydroxylation is 2. The molecule has 2 aromatic carbocycles. The molecule has 0 bridgehead atoms. The van der Waals surface area contributed by atoms with Crippen LogP contribution >= 0.6 is 0 Å². The van der Waals surface area contributed by atoms with E-state index in [0.717, 1.165) is 48.4 Å². The number of anilines is 1. The summed E-state index contributed by atoms with van der Waals surface area (Å²) in [5.41, 5.74) is 6.95. The Bertz CT molecular complexity index is 1290. The van der Waals surface area contributed by atoms with Crippen LogP contribution in [0.4, 0.5) is 5.69 Å². The summed E-state index contributed by atoms with van der Waals surface area (Å²) in [6.07, 6.45) is 3.78. The highest BCUT2D eigenvalue weighted by Crippen LogP contribution is 2.34. The highest BCUT2D eigenvalue weighted by atomic mass is 16.4. The number of hydrogen-bond donors (Lipinski definition) is 2. The third-order valence-corrected chi connectivity index (χ3v) is 7.51. The van der Waals surface area contributed by atoms with Gasteiger partial charge in [-0.1, -0.05) is 41.6 Å². The maximum atomic E-state index is 12.3. The zero-order valence-electron chi connectivity index (χ0n) is 22.0. The summed E-state index contributed by atoms with van der Waals surface area (Å²) in [6.45, 7) is 5.56. The number of benzene rings is 2. The van der Waals surface area contributed by atoms with Gasteiger partial charge in [-0.25, -0.2) is 0 Å². The Labute approximate surface area is 223 Å². The fourth-order valence-electron chi connectivity index (χ4n) is 5.33. The number of aromatic nitrogens is 1. The van der Waals surface area contributed by atoms with Crippen molar-refractivity contribution in [3.8, 4) is 0 Å². The molecule has 198 valence electrons. The molecule has 1 saturated heterocycles. The van der Waals surface area contributed by atoms with Gasteiger partial charge in [-0.05, 0) is 67.6 Å². The summed E-state index contributed by atoms with van der Waals surface area (Å²) < 4.78 is 0. The second-order valence-corrected chi connectivity index (χ2v) is 10.1. The first-order chi connectivity index (χ1) is 18.4. The molecule has 0 spiro atoms. The van der Waals surface area contributed by atoms with E-state index in [-0.39, 0.29) is 30.5 Å². The molecule has 1 aromatic heterocycles. The van der Waals surface area contributed by atoms with Gasteiger partial charge in [0.2, 0.25) is 0 Å². The van der Waals surface area contributed by atoms with Gasteiger partial charge in [0.25, 0.3) is 0 Å². The molecule has 0 amide bonds. The van der Waals surface area contributed by atoms with Crippen LogP contribution in [0.2, 0.25) is 0 Å². The molecule has 1 atom stereocenters. The summed E-state index contributed by atoms with van der Waals surface area (Å²) in [5, 5.41) is 22.5. The van der Waals surface area contributed by atoms with Crippen LogP contribution in [0, 0.1) is 19.8 Å². The van der Waals surface area contributed by atoms with Crippen molar-refractivity contribution < 1.29 is 19.9 Å². The predicted octanol–water partition coefficient (Wildman–Crippen LogP) is 5.75. The first kappa shape index (κ1) is 27.0. The van der Waals surface area contributed by atoms with Gasteiger partial charge in [0.15, 0.2) is 0 Å². The molecule has 38 heavy (non-hydrogen) atoms. The SMILES string of the molecule is Cc1cc(/C(C[C@H](c2ccc(N3CCC(C(=O)CCC(=O)O)CC3)cc2)c2ccccc2C)=N/O)ccn1. The van der Waals surface area contributed by atoms with Crippen LogP contribution in [-0.4, -0.2) is 45.9 Å². The lowest BCUT2D eigenvalue weighted by molar-refractivity contribution is -0.139. The topological polar surface area (TPSA) is 103 Å². The number of carbonyl (C=O) groups excluding carboxylic acids is 1. The lowest BCUT2D eigenvalue weighted by atomic mass is 9.83. The number of ketones is 1. The Morgan fingerprint density at radius 2 is 1.74 bits per heavy atom. The normalized spacial score (nSPS) is 15.3. The Morgan fingerprint density at radius 1 is 1.03 bits per heavy atom. The minimum atomic E-state index is -0.923. The van der Waals surface area contributed by atoms with Crippen molar-refractivity contribution >= 4 is 23.2 Å². The molecule has 0 radical (unpaired) electrons. The van der Waals surface area contributed by atoms with Crippen LogP contribution in [0.25, 0.3) is 0 Å². The van der Waals surface area contributed by atoms with E-state index in [9.17, 15) is 14.8 Å². The van der Waals surface area contributed by atoms with Crippen LogP contribution < -0.4 is 4.90 Å². The maximum Gasteiger partial charge on any atom is 0.303 e. The number of nitrogens with zero attached hydrogens (tertiary/aromatic N) is 3. The number of carboxylic acids is 1. The summed E-state index contributed by atoms with van der Waals surface area (Å²) >= 11 is 0. The van der Waals surface area contributed by atoms with Crippen LogP contribution in [0.15, 0.2) is 72.0 Å². The Hall–Kier alpha value is -4.00. The molecule has 2 heterocycles. The number of pyridine rings is 1. The first-order valence-electron chi connectivity index (χ1n) is 13.1. The minimum Gasteiger partial charge on any atom is -0.481 e. The van der Waals surface area contributed by atoms with Gasteiger partial charge in [-0.2, -0.15) is 0 Å². The molecule has 4 rings (SSSR count). The van der Waals surface area contributed by atoms with Crippen LogP contribution in [0.5, 0.6) is 0 Å². The molecule has 7 nitrogen and oxygen atoms in total. The van der Waals surface area contributed by atoms with E-state index in [1.165, 1.54) is 11.1 Å². The number of piperidine rings is 1. The fourth-order valence-corrected chi connectivity index (χ4v) is 5.33. The van der Waals surface area contributed by atoms with Crippen molar-refractivity contribution in [1.82, 2.24) is 4.98 Å². The molecular formula is C31H35N3O4. The fraction of sp³-hybridized carbons (Fsp3) is 0.355. The lowest BCUT2D eigenvalue weighted by Crippen LogP contribution is -2.36. The van der Waals surface area contributed by atoms with E-state index in [0.29, 0.717) is 12.1 Å². The Balaban J connectivity index is 1.51. The van der Waals surface area contributed by atoms with Gasteiger partial charge in [0.1, 0.15) is 5.78 Å². The summed E-state index contributed by atoms with van der Waals surface area (Å²) in [6, 6.07) is 20.6. The highest BCUT2D eigenvalue weighted by Gasteiger charge is 2.26. The molecule has 1 aliphatic rings. The Kier molecular flexibility index (Phi) is 8.89. The van der Waals surface area contributed by atoms with Gasteiger partial charge in [-0.3, -0.25) is 14.6 Å². The van der Waals surface area contributed by atoms with Crippen molar-refractivity contribution in [2.75, 3.05) is 18.0 Å². The quantitative estimate of drug-likeness (QED) is 0.203. The van der Waals surface area contributed by atoms with Gasteiger partial charge in [0.05, 0.1) is 12.1 Å².